The van der Waals surface area contributed by atoms with Crippen molar-refractivity contribution in [3.8, 4) is 0 Å². The summed E-state index contributed by atoms with van der Waals surface area (Å²) in [5.74, 6) is 0.616. The van der Waals surface area contributed by atoms with Crippen molar-refractivity contribution in [3.05, 3.63) is 88.1 Å². The molecule has 2 heterocycles. The first-order valence-corrected chi connectivity index (χ1v) is 12.2. The van der Waals surface area contributed by atoms with Gasteiger partial charge in [-0.05, 0) is 73.0 Å². The van der Waals surface area contributed by atoms with Crippen molar-refractivity contribution in [2.45, 2.75) is 45.1 Å². The highest BCUT2D eigenvalue weighted by Gasteiger charge is 2.27. The van der Waals surface area contributed by atoms with Gasteiger partial charge in [0.25, 0.3) is 0 Å². The third kappa shape index (κ3) is 5.63. The van der Waals surface area contributed by atoms with E-state index in [1.807, 2.05) is 31.3 Å². The van der Waals surface area contributed by atoms with E-state index in [2.05, 4.69) is 76.3 Å². The summed E-state index contributed by atoms with van der Waals surface area (Å²) in [5, 5.41) is 5.24. The summed E-state index contributed by atoms with van der Waals surface area (Å²) in [4.78, 5) is 16.2. The number of benzene rings is 2. The van der Waals surface area contributed by atoms with Gasteiger partial charge in [0, 0.05) is 22.5 Å². The summed E-state index contributed by atoms with van der Waals surface area (Å²) in [5.41, 5.74) is 3.66. The van der Waals surface area contributed by atoms with Gasteiger partial charge in [0.15, 0.2) is 0 Å². The maximum absolute atomic E-state index is 12.1. The molecule has 1 aliphatic heterocycles. The van der Waals surface area contributed by atoms with E-state index in [4.69, 9.17) is 0 Å². The lowest BCUT2D eigenvalue weighted by molar-refractivity contribution is -0.118. The van der Waals surface area contributed by atoms with Crippen molar-refractivity contribution in [2.75, 3.05) is 18.4 Å². The largest absolute Gasteiger partial charge is 0.326 e. The number of thiophene rings is 1. The Morgan fingerprint density at radius 3 is 2.48 bits per heavy atom. The van der Waals surface area contributed by atoms with E-state index in [0.717, 1.165) is 38.0 Å². The number of carbonyl (C=O) groups excluding carboxylic acids is 1. The second-order valence-electron chi connectivity index (χ2n) is 8.80. The van der Waals surface area contributed by atoms with Crippen LogP contribution in [0.3, 0.4) is 0 Å². The molecule has 1 N–H and O–H groups in total. The number of likely N-dealkylation sites (tertiary alicyclic amines) is 1. The Bertz CT molecular complexity index is 960. The molecule has 3 aromatic rings. The first-order valence-electron chi connectivity index (χ1n) is 11.3. The van der Waals surface area contributed by atoms with Crippen LogP contribution in [-0.2, 0) is 11.2 Å². The zero-order chi connectivity index (χ0) is 21.6. The van der Waals surface area contributed by atoms with E-state index < -0.39 is 0 Å². The molecule has 1 aliphatic rings. The van der Waals surface area contributed by atoms with Crippen LogP contribution in [0.2, 0.25) is 0 Å². The van der Waals surface area contributed by atoms with E-state index in [1.54, 1.807) is 0 Å². The normalized spacial score (nSPS) is 16.4. The highest BCUT2D eigenvalue weighted by Crippen LogP contribution is 2.36. The fourth-order valence-corrected chi connectivity index (χ4v) is 5.29. The molecule has 1 aromatic heterocycles. The SMILES string of the molecule is CC(C)C(=O)Nc1cccc(C2CCN(C(Cc3ccccc3)c3cccs3)CC2)c1. The molecule has 1 fully saturated rings. The Kier molecular flexibility index (Phi) is 7.21. The van der Waals surface area contributed by atoms with Crippen LogP contribution in [0.4, 0.5) is 5.69 Å². The van der Waals surface area contributed by atoms with Crippen LogP contribution >= 0.6 is 11.3 Å². The number of nitrogens with one attached hydrogen (secondary N) is 1. The molecule has 1 saturated heterocycles. The first-order chi connectivity index (χ1) is 15.1. The fourth-order valence-electron chi connectivity index (χ4n) is 4.43. The highest BCUT2D eigenvalue weighted by molar-refractivity contribution is 7.10. The molecule has 4 rings (SSSR count). The zero-order valence-electron chi connectivity index (χ0n) is 18.5. The average molecular weight is 433 g/mol. The molecule has 0 bridgehead atoms. The second kappa shape index (κ2) is 10.3. The Morgan fingerprint density at radius 1 is 1.03 bits per heavy atom. The van der Waals surface area contributed by atoms with Crippen molar-refractivity contribution in [3.63, 3.8) is 0 Å². The average Bonchev–Trinajstić information content (AvgIpc) is 3.33. The van der Waals surface area contributed by atoms with Gasteiger partial charge < -0.3 is 5.32 Å². The van der Waals surface area contributed by atoms with E-state index in [9.17, 15) is 4.79 Å². The van der Waals surface area contributed by atoms with Gasteiger partial charge >= 0.3 is 0 Å². The van der Waals surface area contributed by atoms with Gasteiger partial charge in [-0.15, -0.1) is 11.3 Å². The van der Waals surface area contributed by atoms with Crippen LogP contribution in [-0.4, -0.2) is 23.9 Å². The van der Waals surface area contributed by atoms with E-state index in [0.29, 0.717) is 12.0 Å². The number of amides is 1. The van der Waals surface area contributed by atoms with Gasteiger partial charge in [0.1, 0.15) is 0 Å². The van der Waals surface area contributed by atoms with E-state index in [1.165, 1.54) is 16.0 Å². The molecule has 1 unspecified atom stereocenters. The summed E-state index contributed by atoms with van der Waals surface area (Å²) in [6.45, 7) is 6.05. The Balaban J connectivity index is 1.43. The second-order valence-corrected chi connectivity index (χ2v) is 9.78. The van der Waals surface area contributed by atoms with Crippen LogP contribution in [0.1, 0.15) is 54.7 Å². The molecule has 1 amide bonds. The Morgan fingerprint density at radius 2 is 1.81 bits per heavy atom. The van der Waals surface area contributed by atoms with Gasteiger partial charge in [-0.1, -0.05) is 62.4 Å². The third-order valence-electron chi connectivity index (χ3n) is 6.26. The van der Waals surface area contributed by atoms with Gasteiger partial charge in [0.05, 0.1) is 0 Å². The molecule has 31 heavy (non-hydrogen) atoms. The molecule has 2 aromatic carbocycles. The topological polar surface area (TPSA) is 32.3 Å². The fraction of sp³-hybridized carbons (Fsp3) is 0.370. The smallest absolute Gasteiger partial charge is 0.226 e. The Hall–Kier alpha value is -2.43. The van der Waals surface area contributed by atoms with Crippen LogP contribution in [0.5, 0.6) is 0 Å². The molecular weight excluding hydrogens is 400 g/mol. The van der Waals surface area contributed by atoms with Crippen molar-refractivity contribution in [1.29, 1.82) is 0 Å². The summed E-state index contributed by atoms with van der Waals surface area (Å²) < 4.78 is 0. The molecule has 3 nitrogen and oxygen atoms in total. The van der Waals surface area contributed by atoms with Crippen molar-refractivity contribution < 1.29 is 4.79 Å². The van der Waals surface area contributed by atoms with Crippen molar-refractivity contribution in [2.24, 2.45) is 5.92 Å². The lowest BCUT2D eigenvalue weighted by Crippen LogP contribution is -2.36. The number of anilines is 1. The van der Waals surface area contributed by atoms with Crippen LogP contribution in [0.15, 0.2) is 72.1 Å². The summed E-state index contributed by atoms with van der Waals surface area (Å²) >= 11 is 1.87. The Labute approximate surface area is 190 Å². The van der Waals surface area contributed by atoms with Gasteiger partial charge in [-0.2, -0.15) is 0 Å². The molecule has 1 atom stereocenters. The van der Waals surface area contributed by atoms with Gasteiger partial charge in [0.2, 0.25) is 5.91 Å². The molecule has 162 valence electrons. The number of nitrogens with zero attached hydrogens (tertiary/aromatic N) is 1. The molecule has 4 heteroatoms. The minimum atomic E-state index is -0.00862. The maximum Gasteiger partial charge on any atom is 0.226 e. The maximum atomic E-state index is 12.1. The molecule has 0 spiro atoms. The molecule has 0 saturated carbocycles. The van der Waals surface area contributed by atoms with Gasteiger partial charge in [-0.25, -0.2) is 0 Å². The summed E-state index contributed by atoms with van der Waals surface area (Å²) in [6.07, 6.45) is 3.36. The minimum absolute atomic E-state index is 0.00862. The monoisotopic (exact) mass is 432 g/mol. The van der Waals surface area contributed by atoms with Crippen molar-refractivity contribution in [1.82, 2.24) is 4.90 Å². The molecule has 0 radical (unpaired) electrons. The van der Waals surface area contributed by atoms with Crippen LogP contribution < -0.4 is 5.32 Å². The number of hydrogen-bond acceptors (Lipinski definition) is 3. The number of rotatable bonds is 7. The van der Waals surface area contributed by atoms with E-state index >= 15 is 0 Å². The minimum Gasteiger partial charge on any atom is -0.326 e. The van der Waals surface area contributed by atoms with E-state index in [-0.39, 0.29) is 11.8 Å². The van der Waals surface area contributed by atoms with Crippen molar-refractivity contribution >= 4 is 22.9 Å². The zero-order valence-corrected chi connectivity index (χ0v) is 19.3. The predicted octanol–water partition coefficient (Wildman–Crippen LogP) is 6.51. The summed E-state index contributed by atoms with van der Waals surface area (Å²) in [7, 11) is 0. The highest BCUT2D eigenvalue weighted by atomic mass is 32.1. The number of hydrogen-bond donors (Lipinski definition) is 1. The standard InChI is InChI=1S/C27H32N2OS/c1-20(2)27(30)28-24-11-6-10-23(19-24)22-13-15-29(16-14-22)25(26-12-7-17-31-26)18-21-8-4-3-5-9-21/h3-12,17,19-20,22,25H,13-16,18H2,1-2H3,(H,28,30). The predicted molar refractivity (Wildman–Crippen MR) is 131 cm³/mol. The van der Waals surface area contributed by atoms with Gasteiger partial charge in [-0.3, -0.25) is 9.69 Å². The number of carbonyl (C=O) groups is 1. The third-order valence-corrected chi connectivity index (χ3v) is 7.24. The quantitative estimate of drug-likeness (QED) is 0.462. The lowest BCUT2D eigenvalue weighted by Gasteiger charge is -2.37. The number of piperidine rings is 1. The van der Waals surface area contributed by atoms with Crippen LogP contribution in [0, 0.1) is 5.92 Å². The molecular formula is C27H32N2OS. The van der Waals surface area contributed by atoms with Crippen LogP contribution in [0.25, 0.3) is 0 Å². The lowest BCUT2D eigenvalue weighted by atomic mass is 9.88. The first kappa shape index (κ1) is 21.8. The molecule has 0 aliphatic carbocycles. The summed E-state index contributed by atoms with van der Waals surface area (Å²) in [6, 6.07) is 24.2.